The Balaban J connectivity index is 2.78. The van der Waals surface area contributed by atoms with Crippen LogP contribution in [-0.4, -0.2) is 66.6 Å². The van der Waals surface area contributed by atoms with Crippen LogP contribution in [0.25, 0.3) is 0 Å². The monoisotopic (exact) mass is 771 g/mol. The topological polar surface area (TPSA) is 257 Å². The Morgan fingerprint density at radius 2 is 1.22 bits per heavy atom. The van der Waals surface area contributed by atoms with Gasteiger partial charge >= 0.3 is 0 Å². The Bertz CT molecular complexity index is 1280. The molecule has 55 heavy (non-hydrogen) atoms. The van der Waals surface area contributed by atoms with Gasteiger partial charge in [0.15, 0.2) is 5.96 Å². The Kier molecular flexibility index (Phi) is 26.7. The van der Waals surface area contributed by atoms with Crippen LogP contribution < -0.4 is 44.2 Å². The number of rotatable bonds is 32. The largest absolute Gasteiger partial charge is 0.384 e. The van der Waals surface area contributed by atoms with E-state index in [1.807, 2.05) is 0 Å². The molecule has 0 aliphatic carbocycles. The highest BCUT2D eigenvalue weighted by Crippen LogP contribution is 2.14. The lowest BCUT2D eigenvalue weighted by molar-refractivity contribution is -0.134. The standard InChI is InChI=1S/C41H74N10O4/c1-4-5-6-7-8-9-10-11-12-13-14-15-16-22-35(52)49-34(21-19-28-47-41(45)46)39(54)51-36(30(2)3)40(55)50-33(20-17-18-27-42)38(53)48-29-31-23-25-32(26-24-31)37(43)44/h23-26,30,33-34,36H,4-22,27-29,42H2,1-3H3,(H3,43,44)(H,48,53)(H,49,52)(H,50,55)(H,51,54)(H4,45,46,47)/t33-,34-,36-/m0/s1. The van der Waals surface area contributed by atoms with Gasteiger partial charge in [0.1, 0.15) is 24.0 Å². The average molecular weight is 771 g/mol. The number of nitrogens with zero attached hydrogens (tertiary/aromatic N) is 1. The highest BCUT2D eigenvalue weighted by Gasteiger charge is 2.31. The molecule has 1 rings (SSSR count). The fraction of sp³-hybridized carbons (Fsp3) is 0.707. The van der Waals surface area contributed by atoms with Gasteiger partial charge in [-0.15, -0.1) is 0 Å². The van der Waals surface area contributed by atoms with E-state index in [-0.39, 0.29) is 49.0 Å². The molecule has 0 fully saturated rings. The number of aliphatic imine (C=N–C) groups is 1. The molecule has 0 aliphatic rings. The van der Waals surface area contributed by atoms with Crippen molar-refractivity contribution in [1.29, 1.82) is 5.41 Å². The number of hydrogen-bond acceptors (Lipinski definition) is 7. The first-order chi connectivity index (χ1) is 26.4. The van der Waals surface area contributed by atoms with Gasteiger partial charge < -0.3 is 44.2 Å². The number of hydrogen-bond donors (Lipinski definition) is 9. The molecule has 0 spiro atoms. The zero-order valence-electron chi connectivity index (χ0n) is 34.1. The maximum Gasteiger partial charge on any atom is 0.243 e. The first-order valence-electron chi connectivity index (χ1n) is 20.8. The van der Waals surface area contributed by atoms with Crippen molar-refractivity contribution in [3.63, 3.8) is 0 Å². The molecule has 0 unspecified atom stereocenters. The number of amidine groups is 1. The number of nitrogen functional groups attached to an aromatic ring is 1. The quantitative estimate of drug-likeness (QED) is 0.0288. The summed E-state index contributed by atoms with van der Waals surface area (Å²) in [6, 6.07) is 4.24. The van der Waals surface area contributed by atoms with Crippen LogP contribution in [-0.2, 0) is 25.7 Å². The third-order valence-electron chi connectivity index (χ3n) is 9.66. The molecule has 1 aromatic carbocycles. The second kappa shape index (κ2) is 30.1. The van der Waals surface area contributed by atoms with Crippen LogP contribution in [0.1, 0.15) is 154 Å². The lowest BCUT2D eigenvalue weighted by atomic mass is 10.0. The van der Waals surface area contributed by atoms with E-state index >= 15 is 0 Å². The molecule has 14 nitrogen and oxygen atoms in total. The van der Waals surface area contributed by atoms with E-state index in [1.165, 1.54) is 57.8 Å². The Labute approximate surface area is 330 Å². The molecule has 0 bridgehead atoms. The van der Waals surface area contributed by atoms with Crippen LogP contribution in [0.5, 0.6) is 0 Å². The minimum absolute atomic E-state index is 0.0465. The minimum Gasteiger partial charge on any atom is -0.384 e. The molecule has 3 atom stereocenters. The van der Waals surface area contributed by atoms with Crippen molar-refractivity contribution in [2.24, 2.45) is 33.8 Å². The van der Waals surface area contributed by atoms with Crippen molar-refractivity contribution in [3.8, 4) is 0 Å². The first kappa shape index (κ1) is 48.8. The van der Waals surface area contributed by atoms with Gasteiger partial charge in [-0.2, -0.15) is 0 Å². The van der Waals surface area contributed by atoms with Crippen LogP contribution in [0.15, 0.2) is 29.3 Å². The number of carbonyl (C=O) groups excluding carboxylic acids is 4. The summed E-state index contributed by atoms with van der Waals surface area (Å²) >= 11 is 0. The van der Waals surface area contributed by atoms with Crippen molar-refractivity contribution in [2.45, 2.75) is 167 Å². The van der Waals surface area contributed by atoms with Gasteiger partial charge in [-0.1, -0.05) is 122 Å². The van der Waals surface area contributed by atoms with Crippen molar-refractivity contribution in [2.75, 3.05) is 13.1 Å². The van der Waals surface area contributed by atoms with Gasteiger partial charge in [0.25, 0.3) is 0 Å². The lowest BCUT2D eigenvalue weighted by Gasteiger charge is -2.27. The molecule has 14 heteroatoms. The van der Waals surface area contributed by atoms with E-state index in [0.717, 1.165) is 31.2 Å². The zero-order valence-corrected chi connectivity index (χ0v) is 34.1. The van der Waals surface area contributed by atoms with Crippen LogP contribution in [0.4, 0.5) is 0 Å². The number of amides is 4. The smallest absolute Gasteiger partial charge is 0.243 e. The summed E-state index contributed by atoms with van der Waals surface area (Å²) in [7, 11) is 0. The highest BCUT2D eigenvalue weighted by molar-refractivity contribution is 5.95. The third-order valence-corrected chi connectivity index (χ3v) is 9.66. The van der Waals surface area contributed by atoms with Crippen LogP contribution in [0.3, 0.4) is 0 Å². The number of nitrogens with one attached hydrogen (secondary N) is 5. The summed E-state index contributed by atoms with van der Waals surface area (Å²) in [4.78, 5) is 57.7. The maximum atomic E-state index is 13.7. The van der Waals surface area contributed by atoms with Crippen molar-refractivity contribution in [3.05, 3.63) is 35.4 Å². The molecular formula is C41H74N10O4. The van der Waals surface area contributed by atoms with Crippen molar-refractivity contribution < 1.29 is 19.2 Å². The number of nitrogens with two attached hydrogens (primary N) is 4. The van der Waals surface area contributed by atoms with Gasteiger partial charge in [0.2, 0.25) is 23.6 Å². The average Bonchev–Trinajstić information content (AvgIpc) is 3.15. The summed E-state index contributed by atoms with van der Waals surface area (Å²) in [5, 5.41) is 19.0. The van der Waals surface area contributed by atoms with Gasteiger partial charge in [-0.3, -0.25) is 29.6 Å². The molecule has 0 saturated heterocycles. The minimum atomic E-state index is -0.963. The molecule has 13 N–H and O–H groups in total. The molecule has 0 radical (unpaired) electrons. The summed E-state index contributed by atoms with van der Waals surface area (Å²) < 4.78 is 0. The van der Waals surface area contributed by atoms with E-state index < -0.39 is 29.9 Å². The molecule has 0 heterocycles. The summed E-state index contributed by atoms with van der Waals surface area (Å²) in [5.41, 5.74) is 23.6. The van der Waals surface area contributed by atoms with Gasteiger partial charge in [0.05, 0.1) is 0 Å². The molecule has 312 valence electrons. The summed E-state index contributed by atoms with van der Waals surface area (Å²) in [5.74, 6) is -2.00. The number of unbranched alkanes of at least 4 members (excludes halogenated alkanes) is 13. The predicted octanol–water partition coefficient (Wildman–Crippen LogP) is 4.36. The van der Waals surface area contributed by atoms with E-state index in [0.29, 0.717) is 44.2 Å². The van der Waals surface area contributed by atoms with Gasteiger partial charge in [-0.25, -0.2) is 0 Å². The maximum absolute atomic E-state index is 13.7. The predicted molar refractivity (Wildman–Crippen MR) is 223 cm³/mol. The van der Waals surface area contributed by atoms with E-state index in [4.69, 9.17) is 28.3 Å². The molecule has 0 aliphatic heterocycles. The summed E-state index contributed by atoms with van der Waals surface area (Å²) in [6.07, 6.45) is 18.4. The third kappa shape index (κ3) is 23.4. The number of benzene rings is 1. The Hall–Kier alpha value is -4.20. The van der Waals surface area contributed by atoms with Crippen LogP contribution >= 0.6 is 0 Å². The lowest BCUT2D eigenvalue weighted by Crippen LogP contribution is -2.58. The fourth-order valence-corrected chi connectivity index (χ4v) is 6.27. The van der Waals surface area contributed by atoms with Crippen LogP contribution in [0, 0.1) is 11.3 Å². The Morgan fingerprint density at radius 3 is 1.75 bits per heavy atom. The number of carbonyl (C=O) groups is 4. The highest BCUT2D eigenvalue weighted by atomic mass is 16.2. The fourth-order valence-electron chi connectivity index (χ4n) is 6.27. The van der Waals surface area contributed by atoms with Crippen molar-refractivity contribution >= 4 is 35.4 Å². The molecule has 0 saturated carbocycles. The Morgan fingerprint density at radius 1 is 0.673 bits per heavy atom. The molecule has 1 aromatic rings. The normalized spacial score (nSPS) is 12.7. The van der Waals surface area contributed by atoms with Crippen molar-refractivity contribution in [1.82, 2.24) is 21.3 Å². The molecule has 4 amide bonds. The number of guanidine groups is 1. The SMILES string of the molecule is CCCCCCCCCCCCCCCC(=O)N[C@@H](CCCN=C(N)N)C(=O)N[C@H](C(=O)N[C@@H](CCCCN)C(=O)NCc1ccc(C(=N)N)cc1)C(C)C. The van der Waals surface area contributed by atoms with Gasteiger partial charge in [-0.05, 0) is 56.6 Å². The second-order valence-corrected chi connectivity index (χ2v) is 15.0. The van der Waals surface area contributed by atoms with Gasteiger partial charge in [0, 0.05) is 25.1 Å². The molecule has 0 aromatic heterocycles. The molecular weight excluding hydrogens is 697 g/mol. The van der Waals surface area contributed by atoms with Crippen LogP contribution in [0.2, 0.25) is 0 Å². The van der Waals surface area contributed by atoms with E-state index in [1.54, 1.807) is 38.1 Å². The van der Waals surface area contributed by atoms with E-state index in [2.05, 4.69) is 33.2 Å². The van der Waals surface area contributed by atoms with E-state index in [9.17, 15) is 19.2 Å². The summed E-state index contributed by atoms with van der Waals surface area (Å²) in [6.45, 7) is 6.80. The zero-order chi connectivity index (χ0) is 40.8. The first-order valence-corrected chi connectivity index (χ1v) is 20.8. The second-order valence-electron chi connectivity index (χ2n) is 15.0.